The number of hydrogen-bond acceptors (Lipinski definition) is 3. The predicted molar refractivity (Wildman–Crippen MR) is 126 cm³/mol. The minimum atomic E-state index is -4.42. The number of amides is 2. The van der Waals surface area contributed by atoms with Gasteiger partial charge in [0, 0.05) is 30.8 Å². The average molecular weight is 493 g/mol. The number of rotatable bonds is 7. The summed E-state index contributed by atoms with van der Waals surface area (Å²) < 4.78 is 38.6. The molecular formula is C26H31F3N2O2S. The zero-order chi connectivity index (χ0) is 24.1. The fourth-order valence-electron chi connectivity index (χ4n) is 5.20. The van der Waals surface area contributed by atoms with Crippen LogP contribution in [0.5, 0.6) is 0 Å². The second-order valence-corrected chi connectivity index (χ2v) is 10.4. The molecule has 1 aliphatic carbocycles. The number of nitrogens with one attached hydrogen (secondary N) is 1. The Balaban J connectivity index is 1.32. The summed E-state index contributed by atoms with van der Waals surface area (Å²) in [6.07, 6.45) is 3.79. The number of fused-ring (bicyclic) bond motifs is 1. The second-order valence-electron chi connectivity index (χ2n) is 9.37. The molecule has 184 valence electrons. The normalized spacial score (nSPS) is 19.0. The molecule has 1 N–H and O–H groups in total. The van der Waals surface area contributed by atoms with Crippen molar-refractivity contribution in [2.75, 3.05) is 6.54 Å². The van der Waals surface area contributed by atoms with Gasteiger partial charge < -0.3 is 10.2 Å². The molecule has 0 saturated heterocycles. The molecule has 1 aromatic heterocycles. The Hall–Kier alpha value is -2.35. The van der Waals surface area contributed by atoms with Crippen LogP contribution in [0.4, 0.5) is 13.2 Å². The standard InChI is InChI=1S/C26H31F3N2O2S/c27-26(28,29)20-8-4-7-19(15-20)17-30-24(32)9-10-25(33)31-13-11-23-21(12-14-34-23)22(31)16-18-5-2-1-3-6-18/h4,7-8,12,14-15,18,22H,1-3,5-6,9-11,13,16-17H2,(H,30,32). The minimum absolute atomic E-state index is 0.00320. The number of halogens is 3. The Morgan fingerprint density at radius 3 is 2.65 bits per heavy atom. The monoisotopic (exact) mass is 492 g/mol. The van der Waals surface area contributed by atoms with Crippen molar-refractivity contribution in [2.24, 2.45) is 5.92 Å². The van der Waals surface area contributed by atoms with Gasteiger partial charge in [0.15, 0.2) is 0 Å². The van der Waals surface area contributed by atoms with Gasteiger partial charge in [-0.05, 0) is 53.5 Å². The summed E-state index contributed by atoms with van der Waals surface area (Å²) in [5.74, 6) is 0.283. The van der Waals surface area contributed by atoms with Gasteiger partial charge in [-0.3, -0.25) is 9.59 Å². The van der Waals surface area contributed by atoms with Gasteiger partial charge in [-0.25, -0.2) is 0 Å². The smallest absolute Gasteiger partial charge is 0.352 e. The van der Waals surface area contributed by atoms with Crippen molar-refractivity contribution in [1.82, 2.24) is 10.2 Å². The van der Waals surface area contributed by atoms with Crippen LogP contribution in [0.1, 0.15) is 79.0 Å². The highest BCUT2D eigenvalue weighted by Gasteiger charge is 2.33. The van der Waals surface area contributed by atoms with E-state index >= 15 is 0 Å². The predicted octanol–water partition coefficient (Wildman–Crippen LogP) is 6.26. The van der Waals surface area contributed by atoms with Gasteiger partial charge >= 0.3 is 6.18 Å². The van der Waals surface area contributed by atoms with Crippen LogP contribution in [-0.2, 0) is 28.7 Å². The lowest BCUT2D eigenvalue weighted by atomic mass is 9.82. The van der Waals surface area contributed by atoms with Gasteiger partial charge in [0.2, 0.25) is 11.8 Å². The number of benzene rings is 1. The summed E-state index contributed by atoms with van der Waals surface area (Å²) in [4.78, 5) is 28.8. The number of hydrogen-bond donors (Lipinski definition) is 1. The zero-order valence-corrected chi connectivity index (χ0v) is 20.0. The molecular weight excluding hydrogens is 461 g/mol. The summed E-state index contributed by atoms with van der Waals surface area (Å²) in [5.41, 5.74) is 0.906. The molecule has 2 amide bonds. The first kappa shape index (κ1) is 24.8. The Bertz CT molecular complexity index is 998. The van der Waals surface area contributed by atoms with E-state index in [2.05, 4.69) is 16.8 Å². The van der Waals surface area contributed by atoms with E-state index in [1.807, 2.05) is 4.90 Å². The molecule has 2 aliphatic rings. The summed E-state index contributed by atoms with van der Waals surface area (Å²) in [5, 5.41) is 4.75. The summed E-state index contributed by atoms with van der Waals surface area (Å²) in [7, 11) is 0. The first-order valence-corrected chi connectivity index (χ1v) is 13.0. The Morgan fingerprint density at radius 2 is 1.88 bits per heavy atom. The number of carbonyl (C=O) groups excluding carboxylic acids is 2. The van der Waals surface area contributed by atoms with Crippen LogP contribution in [0.15, 0.2) is 35.7 Å². The Kier molecular flexibility index (Phi) is 7.96. The molecule has 34 heavy (non-hydrogen) atoms. The van der Waals surface area contributed by atoms with Crippen molar-refractivity contribution in [3.63, 3.8) is 0 Å². The maximum atomic E-state index is 13.1. The van der Waals surface area contributed by atoms with Crippen LogP contribution in [0.25, 0.3) is 0 Å². The van der Waals surface area contributed by atoms with Crippen molar-refractivity contribution in [3.05, 3.63) is 57.3 Å². The van der Waals surface area contributed by atoms with Crippen LogP contribution >= 0.6 is 11.3 Å². The highest BCUT2D eigenvalue weighted by molar-refractivity contribution is 7.10. The summed E-state index contributed by atoms with van der Waals surface area (Å²) >= 11 is 1.76. The molecule has 4 rings (SSSR count). The van der Waals surface area contributed by atoms with E-state index in [-0.39, 0.29) is 37.2 Å². The van der Waals surface area contributed by atoms with Crippen LogP contribution in [0.2, 0.25) is 0 Å². The van der Waals surface area contributed by atoms with E-state index in [9.17, 15) is 22.8 Å². The highest BCUT2D eigenvalue weighted by atomic mass is 32.1. The summed E-state index contributed by atoms with van der Waals surface area (Å²) in [6, 6.07) is 7.14. The van der Waals surface area contributed by atoms with Gasteiger partial charge in [0.05, 0.1) is 11.6 Å². The molecule has 2 heterocycles. The second kappa shape index (κ2) is 10.9. The Morgan fingerprint density at radius 1 is 1.09 bits per heavy atom. The minimum Gasteiger partial charge on any atom is -0.352 e. The lowest BCUT2D eigenvalue weighted by Crippen LogP contribution is -2.41. The van der Waals surface area contributed by atoms with E-state index in [4.69, 9.17) is 0 Å². The summed E-state index contributed by atoms with van der Waals surface area (Å²) in [6.45, 7) is 0.679. The van der Waals surface area contributed by atoms with E-state index < -0.39 is 11.7 Å². The van der Waals surface area contributed by atoms with Crippen molar-refractivity contribution in [1.29, 1.82) is 0 Å². The third-order valence-corrected chi connectivity index (χ3v) is 8.00. The van der Waals surface area contributed by atoms with Gasteiger partial charge in [0.1, 0.15) is 0 Å². The molecule has 1 aliphatic heterocycles. The Labute approximate surface area is 202 Å². The molecule has 1 fully saturated rings. The first-order valence-electron chi connectivity index (χ1n) is 12.1. The van der Waals surface area contributed by atoms with Gasteiger partial charge in [0.25, 0.3) is 0 Å². The number of alkyl halides is 3. The fourth-order valence-corrected chi connectivity index (χ4v) is 6.13. The van der Waals surface area contributed by atoms with Crippen molar-refractivity contribution in [3.8, 4) is 0 Å². The molecule has 0 bridgehead atoms. The van der Waals surface area contributed by atoms with E-state index in [0.29, 0.717) is 18.0 Å². The topological polar surface area (TPSA) is 49.4 Å². The van der Waals surface area contributed by atoms with Crippen molar-refractivity contribution < 1.29 is 22.8 Å². The van der Waals surface area contributed by atoms with Crippen LogP contribution in [0.3, 0.4) is 0 Å². The largest absolute Gasteiger partial charge is 0.416 e. The number of thiophene rings is 1. The molecule has 1 aromatic carbocycles. The SMILES string of the molecule is O=C(CCC(=O)N1CCc2sccc2C1CC1CCCCC1)NCc1cccc(C(F)(F)F)c1. The number of nitrogens with zero attached hydrogens (tertiary/aromatic N) is 1. The molecule has 2 aromatic rings. The maximum absolute atomic E-state index is 13.1. The van der Waals surface area contributed by atoms with Crippen LogP contribution in [0, 0.1) is 5.92 Å². The molecule has 0 radical (unpaired) electrons. The third kappa shape index (κ3) is 6.20. The van der Waals surface area contributed by atoms with Crippen LogP contribution in [-0.4, -0.2) is 23.3 Å². The van der Waals surface area contributed by atoms with Gasteiger partial charge in [-0.2, -0.15) is 13.2 Å². The first-order chi connectivity index (χ1) is 16.3. The van der Waals surface area contributed by atoms with Gasteiger partial charge in [-0.1, -0.05) is 44.2 Å². The molecule has 1 unspecified atom stereocenters. The van der Waals surface area contributed by atoms with Crippen molar-refractivity contribution >= 4 is 23.2 Å². The van der Waals surface area contributed by atoms with E-state index in [1.54, 1.807) is 17.4 Å². The fraction of sp³-hybridized carbons (Fsp3) is 0.538. The third-order valence-electron chi connectivity index (χ3n) is 7.01. The van der Waals surface area contributed by atoms with Crippen molar-refractivity contribution in [2.45, 2.75) is 76.6 Å². The lowest BCUT2D eigenvalue weighted by molar-refractivity contribution is -0.138. The van der Waals surface area contributed by atoms with E-state index in [1.165, 1.54) is 48.6 Å². The molecule has 0 spiro atoms. The maximum Gasteiger partial charge on any atom is 0.416 e. The zero-order valence-electron chi connectivity index (χ0n) is 19.2. The molecule has 1 saturated carbocycles. The molecule has 8 heteroatoms. The quantitative estimate of drug-likeness (QED) is 0.496. The molecule has 1 atom stereocenters. The molecule has 4 nitrogen and oxygen atoms in total. The van der Waals surface area contributed by atoms with Crippen LogP contribution < -0.4 is 5.32 Å². The number of carbonyl (C=O) groups is 2. The average Bonchev–Trinajstić information content (AvgIpc) is 3.31. The van der Waals surface area contributed by atoms with E-state index in [0.717, 1.165) is 25.0 Å². The van der Waals surface area contributed by atoms with Gasteiger partial charge in [-0.15, -0.1) is 11.3 Å². The highest BCUT2D eigenvalue weighted by Crippen LogP contribution is 2.40. The lowest BCUT2D eigenvalue weighted by Gasteiger charge is -2.38.